The summed E-state index contributed by atoms with van der Waals surface area (Å²) in [5.74, 6) is 0. The summed E-state index contributed by atoms with van der Waals surface area (Å²) in [5, 5.41) is 0. The zero-order chi connectivity index (χ0) is 7.98. The van der Waals surface area contributed by atoms with Gasteiger partial charge in [0.1, 0.15) is 6.10 Å². The van der Waals surface area contributed by atoms with E-state index in [0.717, 1.165) is 10.0 Å². The highest BCUT2D eigenvalue weighted by atomic mass is 127. The molecule has 10 heavy (non-hydrogen) atoms. The monoisotopic (exact) mass is 292 g/mol. The maximum atomic E-state index is 4.76. The van der Waals surface area contributed by atoms with E-state index in [1.165, 1.54) is 0 Å². The largest absolute Gasteiger partial charge is 0.316 e. The summed E-state index contributed by atoms with van der Waals surface area (Å²) >= 11 is 9.39. The molecular weight excluding hydrogens is 283 g/mol. The fraction of sp³-hybridized carbons (Fsp3) is 0.600. The van der Waals surface area contributed by atoms with Gasteiger partial charge in [0, 0.05) is 6.42 Å². The molecule has 0 spiro atoms. The Hall–Kier alpha value is 1.09. The minimum atomic E-state index is -0.0507. The van der Waals surface area contributed by atoms with E-state index >= 15 is 0 Å². The summed E-state index contributed by atoms with van der Waals surface area (Å²) in [7, 11) is 0. The minimum absolute atomic E-state index is 0.0507. The summed E-state index contributed by atoms with van der Waals surface area (Å²) < 4.78 is 10.3. The number of hydrogen-bond donors (Lipinski definition) is 2. The lowest BCUT2D eigenvalue weighted by Gasteiger charge is -2.10. The standard InChI is InChI=1S/C5H9IO2S2/c1-4(6)2-5(8-10)3-7-9/h5,9-10H,1-3H2/t5-/m0/s1. The van der Waals surface area contributed by atoms with Gasteiger partial charge in [0.2, 0.25) is 0 Å². The van der Waals surface area contributed by atoms with E-state index in [2.05, 4.69) is 59.2 Å². The lowest BCUT2D eigenvalue weighted by molar-refractivity contribution is 0.174. The molecule has 0 fully saturated rings. The minimum Gasteiger partial charge on any atom is -0.316 e. The van der Waals surface area contributed by atoms with Crippen LogP contribution in [0.3, 0.4) is 0 Å². The van der Waals surface area contributed by atoms with E-state index in [-0.39, 0.29) is 6.10 Å². The Labute approximate surface area is 85.7 Å². The maximum Gasteiger partial charge on any atom is 0.101 e. The lowest BCUT2D eigenvalue weighted by atomic mass is 10.3. The quantitative estimate of drug-likeness (QED) is 0.460. The van der Waals surface area contributed by atoms with Crippen molar-refractivity contribution in [2.45, 2.75) is 12.5 Å². The Morgan fingerprint density at radius 1 is 1.60 bits per heavy atom. The average molecular weight is 292 g/mol. The summed E-state index contributed by atoms with van der Waals surface area (Å²) in [6.07, 6.45) is 0.690. The molecule has 2 nitrogen and oxygen atoms in total. The van der Waals surface area contributed by atoms with E-state index < -0.39 is 0 Å². The molecular formula is C5H9IO2S2. The van der Waals surface area contributed by atoms with Gasteiger partial charge >= 0.3 is 0 Å². The number of hydrogen-bond acceptors (Lipinski definition) is 4. The molecule has 0 rings (SSSR count). The molecule has 0 aromatic heterocycles. The molecule has 0 aromatic carbocycles. The Balaban J connectivity index is 3.49. The van der Waals surface area contributed by atoms with E-state index in [0.29, 0.717) is 6.61 Å². The summed E-state index contributed by atoms with van der Waals surface area (Å²) in [6.45, 7) is 4.14. The first-order valence-electron chi connectivity index (χ1n) is 2.60. The van der Waals surface area contributed by atoms with Crippen LogP contribution in [-0.2, 0) is 8.37 Å². The van der Waals surface area contributed by atoms with Crippen LogP contribution in [0.4, 0.5) is 0 Å². The number of rotatable bonds is 5. The van der Waals surface area contributed by atoms with Gasteiger partial charge in [-0.25, -0.2) is 0 Å². The summed E-state index contributed by atoms with van der Waals surface area (Å²) in [6, 6.07) is 0. The lowest BCUT2D eigenvalue weighted by Crippen LogP contribution is -2.13. The molecule has 0 saturated heterocycles. The highest BCUT2D eigenvalue weighted by molar-refractivity contribution is 14.1. The average Bonchev–Trinajstić information content (AvgIpc) is 1.86. The second-order valence-corrected chi connectivity index (χ2v) is 3.74. The molecule has 0 aliphatic carbocycles. The van der Waals surface area contributed by atoms with Crippen LogP contribution in [0.2, 0.25) is 0 Å². The molecule has 0 heterocycles. The van der Waals surface area contributed by atoms with Crippen LogP contribution in [0.15, 0.2) is 10.2 Å². The maximum absolute atomic E-state index is 4.76. The highest BCUT2D eigenvalue weighted by Crippen LogP contribution is 2.14. The van der Waals surface area contributed by atoms with Crippen molar-refractivity contribution in [1.82, 2.24) is 0 Å². The SMILES string of the molecule is C=C(I)C[C@@H](COS)OS. The molecule has 0 aliphatic rings. The molecule has 1 atom stereocenters. The second kappa shape index (κ2) is 6.78. The van der Waals surface area contributed by atoms with Crippen molar-refractivity contribution in [2.75, 3.05) is 6.61 Å². The third-order valence-electron chi connectivity index (χ3n) is 0.859. The Bertz CT molecular complexity index is 110. The molecule has 60 valence electrons. The van der Waals surface area contributed by atoms with Gasteiger partial charge in [-0.2, -0.15) is 0 Å². The molecule has 0 radical (unpaired) electrons. The van der Waals surface area contributed by atoms with Gasteiger partial charge in [-0.05, 0) is 52.0 Å². The van der Waals surface area contributed by atoms with Crippen molar-refractivity contribution in [3.05, 3.63) is 10.2 Å². The van der Waals surface area contributed by atoms with E-state index in [1.54, 1.807) is 0 Å². The smallest absolute Gasteiger partial charge is 0.101 e. The van der Waals surface area contributed by atoms with Crippen LogP contribution in [0.5, 0.6) is 0 Å². The van der Waals surface area contributed by atoms with Crippen molar-refractivity contribution < 1.29 is 8.37 Å². The van der Waals surface area contributed by atoms with Crippen LogP contribution < -0.4 is 0 Å². The second-order valence-electron chi connectivity index (χ2n) is 1.74. The van der Waals surface area contributed by atoms with E-state index in [1.807, 2.05) is 0 Å². The van der Waals surface area contributed by atoms with Gasteiger partial charge in [0.25, 0.3) is 0 Å². The molecule has 0 N–H and O–H groups in total. The molecule has 0 amide bonds. The molecule has 0 aliphatic heterocycles. The van der Waals surface area contributed by atoms with Crippen LogP contribution in [-0.4, -0.2) is 12.7 Å². The third kappa shape index (κ3) is 5.84. The molecule has 0 unspecified atom stereocenters. The first-order valence-corrected chi connectivity index (χ1v) is 4.41. The Morgan fingerprint density at radius 3 is 2.50 bits per heavy atom. The van der Waals surface area contributed by atoms with Crippen LogP contribution in [0, 0.1) is 0 Å². The van der Waals surface area contributed by atoms with Crippen LogP contribution >= 0.6 is 48.4 Å². The first kappa shape index (κ1) is 11.1. The summed E-state index contributed by atoms with van der Waals surface area (Å²) in [5.41, 5.74) is 0. The van der Waals surface area contributed by atoms with Gasteiger partial charge in [-0.3, -0.25) is 0 Å². The van der Waals surface area contributed by atoms with Gasteiger partial charge in [0.15, 0.2) is 0 Å². The third-order valence-corrected chi connectivity index (χ3v) is 1.75. The molecule has 0 aromatic rings. The fourth-order valence-corrected chi connectivity index (χ4v) is 1.25. The molecule has 0 bridgehead atoms. The van der Waals surface area contributed by atoms with Crippen molar-refractivity contribution in [2.24, 2.45) is 0 Å². The zero-order valence-corrected chi connectivity index (χ0v) is 9.23. The van der Waals surface area contributed by atoms with Gasteiger partial charge < -0.3 is 8.37 Å². The zero-order valence-electron chi connectivity index (χ0n) is 5.29. The van der Waals surface area contributed by atoms with Crippen molar-refractivity contribution in [1.29, 1.82) is 0 Å². The van der Waals surface area contributed by atoms with Gasteiger partial charge in [0.05, 0.1) is 6.61 Å². The predicted octanol–water partition coefficient (Wildman–Crippen LogP) is 2.42. The van der Waals surface area contributed by atoms with Gasteiger partial charge in [-0.1, -0.05) is 6.58 Å². The van der Waals surface area contributed by atoms with Crippen molar-refractivity contribution in [3.63, 3.8) is 0 Å². The van der Waals surface area contributed by atoms with Crippen LogP contribution in [0.1, 0.15) is 6.42 Å². The van der Waals surface area contributed by atoms with E-state index in [4.69, 9.17) is 4.18 Å². The van der Waals surface area contributed by atoms with Crippen molar-refractivity contribution >= 4 is 48.4 Å². The van der Waals surface area contributed by atoms with E-state index in [9.17, 15) is 0 Å². The molecule has 5 heteroatoms. The Kier molecular flexibility index (Phi) is 7.52. The van der Waals surface area contributed by atoms with Crippen LogP contribution in [0.25, 0.3) is 0 Å². The topological polar surface area (TPSA) is 18.5 Å². The number of halogens is 1. The fourth-order valence-electron chi connectivity index (χ4n) is 0.457. The molecule has 0 saturated carbocycles. The Morgan fingerprint density at radius 2 is 2.20 bits per heavy atom. The van der Waals surface area contributed by atoms with Gasteiger partial charge in [-0.15, -0.1) is 0 Å². The predicted molar refractivity (Wildman–Crippen MR) is 56.6 cm³/mol. The van der Waals surface area contributed by atoms with Crippen molar-refractivity contribution in [3.8, 4) is 0 Å². The number of thiol groups is 2. The summed E-state index contributed by atoms with van der Waals surface area (Å²) in [4.78, 5) is 0. The highest BCUT2D eigenvalue weighted by Gasteiger charge is 2.07. The first-order chi connectivity index (χ1) is 4.70. The normalized spacial score (nSPS) is 13.1.